The molecule has 0 saturated heterocycles. The van der Waals surface area contributed by atoms with Gasteiger partial charge in [0.25, 0.3) is 0 Å². The van der Waals surface area contributed by atoms with E-state index in [-0.39, 0.29) is 5.97 Å². The molecule has 30 heavy (non-hydrogen) atoms. The van der Waals surface area contributed by atoms with Crippen molar-refractivity contribution in [3.63, 3.8) is 0 Å². The highest BCUT2D eigenvalue weighted by atomic mass is 32.2. The minimum atomic E-state index is -0.267. The van der Waals surface area contributed by atoms with Gasteiger partial charge in [-0.05, 0) is 48.2 Å². The maximum atomic E-state index is 13.3. The van der Waals surface area contributed by atoms with Gasteiger partial charge in [0.15, 0.2) is 0 Å². The molecule has 1 aromatic heterocycles. The van der Waals surface area contributed by atoms with Crippen molar-refractivity contribution in [3.05, 3.63) is 77.9 Å². The second-order valence-electron chi connectivity index (χ2n) is 7.79. The zero-order valence-electron chi connectivity index (χ0n) is 17.3. The number of carbonyl (C=O) groups is 1. The smallest absolute Gasteiger partial charge is 0.340 e. The summed E-state index contributed by atoms with van der Waals surface area (Å²) in [6.45, 7) is 6.58. The lowest BCUT2D eigenvalue weighted by Crippen LogP contribution is -2.08. The predicted molar refractivity (Wildman–Crippen MR) is 123 cm³/mol. The number of esters is 1. The normalized spacial score (nSPS) is 12.3. The molecule has 1 aliphatic rings. The summed E-state index contributed by atoms with van der Waals surface area (Å²) in [6.07, 6.45) is 0. The van der Waals surface area contributed by atoms with Gasteiger partial charge in [-0.2, -0.15) is 0 Å². The maximum Gasteiger partial charge on any atom is 0.340 e. The molecule has 1 aliphatic heterocycles. The molecule has 0 radical (unpaired) electrons. The summed E-state index contributed by atoms with van der Waals surface area (Å²) in [5.74, 6) is 0.0957. The molecule has 0 fully saturated rings. The summed E-state index contributed by atoms with van der Waals surface area (Å²) >= 11 is 1.78. The molecule has 150 valence electrons. The SMILES string of the molecule is CCOC(=O)c1c(-c2ccccc2)n2c3c(cc(C(C)C)cc13)Sc1ccccc1-2. The summed E-state index contributed by atoms with van der Waals surface area (Å²) in [5.41, 5.74) is 5.98. The van der Waals surface area contributed by atoms with Crippen LogP contribution in [0.3, 0.4) is 0 Å². The predicted octanol–water partition coefficient (Wildman–Crippen LogP) is 7.06. The van der Waals surface area contributed by atoms with E-state index in [0.29, 0.717) is 18.1 Å². The lowest BCUT2D eigenvalue weighted by molar-refractivity contribution is 0.0529. The average Bonchev–Trinajstić information content (AvgIpc) is 3.11. The number of hydrogen-bond donors (Lipinski definition) is 0. The maximum absolute atomic E-state index is 13.3. The molecule has 5 rings (SSSR count). The third-order valence-electron chi connectivity index (χ3n) is 5.57. The van der Waals surface area contributed by atoms with E-state index in [4.69, 9.17) is 4.74 Å². The Morgan fingerprint density at radius 3 is 2.47 bits per heavy atom. The molecule has 4 heteroatoms. The number of carbonyl (C=O) groups excluding carboxylic acids is 1. The largest absolute Gasteiger partial charge is 0.462 e. The molecule has 0 atom stereocenters. The molecule has 2 heterocycles. The van der Waals surface area contributed by atoms with Gasteiger partial charge >= 0.3 is 5.97 Å². The molecule has 4 aromatic rings. The monoisotopic (exact) mass is 413 g/mol. The summed E-state index contributed by atoms with van der Waals surface area (Å²) in [4.78, 5) is 15.6. The summed E-state index contributed by atoms with van der Waals surface area (Å²) in [6, 6.07) is 23.0. The fourth-order valence-corrected chi connectivity index (χ4v) is 5.32. The third-order valence-corrected chi connectivity index (χ3v) is 6.67. The Bertz CT molecular complexity index is 1270. The van der Waals surface area contributed by atoms with Crippen LogP contribution in [0.2, 0.25) is 0 Å². The zero-order chi connectivity index (χ0) is 20.8. The topological polar surface area (TPSA) is 31.2 Å². The molecule has 3 aromatic carbocycles. The van der Waals surface area contributed by atoms with Crippen LogP contribution in [0.5, 0.6) is 0 Å². The van der Waals surface area contributed by atoms with Crippen LogP contribution in [0.4, 0.5) is 0 Å². The van der Waals surface area contributed by atoms with E-state index >= 15 is 0 Å². The van der Waals surface area contributed by atoms with Gasteiger partial charge in [-0.15, -0.1) is 0 Å². The van der Waals surface area contributed by atoms with Crippen LogP contribution in [0.1, 0.15) is 42.6 Å². The quantitative estimate of drug-likeness (QED) is 0.295. The van der Waals surface area contributed by atoms with Gasteiger partial charge in [-0.25, -0.2) is 4.79 Å². The molecule has 3 nitrogen and oxygen atoms in total. The molecule has 0 aliphatic carbocycles. The molecular weight excluding hydrogens is 390 g/mol. The average molecular weight is 414 g/mol. The number of aromatic nitrogens is 1. The van der Waals surface area contributed by atoms with E-state index in [2.05, 4.69) is 66.9 Å². The van der Waals surface area contributed by atoms with Crippen LogP contribution in [-0.2, 0) is 4.74 Å². The number of benzene rings is 3. The van der Waals surface area contributed by atoms with E-state index in [1.54, 1.807) is 11.8 Å². The first-order valence-electron chi connectivity index (χ1n) is 10.3. The van der Waals surface area contributed by atoms with Crippen LogP contribution in [0.15, 0.2) is 76.5 Å². The van der Waals surface area contributed by atoms with E-state index in [0.717, 1.165) is 27.8 Å². The highest BCUT2D eigenvalue weighted by Gasteiger charge is 2.31. The molecular formula is C26H23NO2S. The lowest BCUT2D eigenvalue weighted by atomic mass is 9.99. The highest BCUT2D eigenvalue weighted by molar-refractivity contribution is 7.99. The van der Waals surface area contributed by atoms with Gasteiger partial charge in [0, 0.05) is 15.2 Å². The molecule has 0 amide bonds. The van der Waals surface area contributed by atoms with Crippen molar-refractivity contribution < 1.29 is 9.53 Å². The van der Waals surface area contributed by atoms with E-state index in [1.165, 1.54) is 15.4 Å². The van der Waals surface area contributed by atoms with Crippen molar-refractivity contribution in [1.82, 2.24) is 4.57 Å². The van der Waals surface area contributed by atoms with E-state index in [9.17, 15) is 4.79 Å². The van der Waals surface area contributed by atoms with Crippen LogP contribution in [-0.4, -0.2) is 17.1 Å². The summed E-state index contributed by atoms with van der Waals surface area (Å²) in [7, 11) is 0. The first-order valence-corrected chi connectivity index (χ1v) is 11.1. The van der Waals surface area contributed by atoms with E-state index < -0.39 is 0 Å². The molecule has 0 bridgehead atoms. The molecule has 0 saturated carbocycles. The molecule has 0 unspecified atom stereocenters. The Morgan fingerprint density at radius 1 is 1.00 bits per heavy atom. The zero-order valence-corrected chi connectivity index (χ0v) is 18.1. The van der Waals surface area contributed by atoms with Crippen molar-refractivity contribution in [2.75, 3.05) is 6.61 Å². The number of nitrogens with zero attached hydrogens (tertiary/aromatic N) is 1. The second kappa shape index (κ2) is 7.37. The summed E-state index contributed by atoms with van der Waals surface area (Å²) < 4.78 is 7.80. The summed E-state index contributed by atoms with van der Waals surface area (Å²) in [5, 5.41) is 0.968. The Labute approximate surface area is 180 Å². The number of rotatable bonds is 4. The van der Waals surface area contributed by atoms with Crippen molar-refractivity contribution in [1.29, 1.82) is 0 Å². The van der Waals surface area contributed by atoms with E-state index in [1.807, 2.05) is 25.1 Å². The van der Waals surface area contributed by atoms with Gasteiger partial charge in [0.2, 0.25) is 0 Å². The third kappa shape index (κ3) is 2.86. The van der Waals surface area contributed by atoms with Crippen molar-refractivity contribution in [2.24, 2.45) is 0 Å². The van der Waals surface area contributed by atoms with Crippen molar-refractivity contribution >= 4 is 28.6 Å². The van der Waals surface area contributed by atoms with Crippen LogP contribution < -0.4 is 0 Å². The Balaban J connectivity index is 1.98. The fourth-order valence-electron chi connectivity index (χ4n) is 4.18. The number of hydrogen-bond acceptors (Lipinski definition) is 3. The molecule has 0 spiro atoms. The van der Waals surface area contributed by atoms with Crippen LogP contribution in [0, 0.1) is 0 Å². The Kier molecular flexibility index (Phi) is 4.67. The fraction of sp³-hybridized carbons (Fsp3) is 0.192. The molecule has 0 N–H and O–H groups in total. The first-order chi connectivity index (χ1) is 14.6. The first kappa shape index (κ1) is 19.0. The number of para-hydroxylation sites is 1. The second-order valence-corrected chi connectivity index (χ2v) is 8.87. The number of fused-ring (bicyclic) bond motifs is 2. The minimum absolute atomic E-state index is 0.267. The van der Waals surface area contributed by atoms with Gasteiger partial charge in [-0.3, -0.25) is 0 Å². The van der Waals surface area contributed by atoms with Gasteiger partial charge in [-0.1, -0.05) is 68.1 Å². The van der Waals surface area contributed by atoms with Crippen LogP contribution in [0.25, 0.3) is 27.8 Å². The lowest BCUT2D eigenvalue weighted by Gasteiger charge is -2.22. The highest BCUT2D eigenvalue weighted by Crippen LogP contribution is 2.49. The van der Waals surface area contributed by atoms with Gasteiger partial charge in [0.05, 0.1) is 29.1 Å². The van der Waals surface area contributed by atoms with Crippen LogP contribution >= 0.6 is 11.8 Å². The van der Waals surface area contributed by atoms with Crippen molar-refractivity contribution in [2.45, 2.75) is 36.5 Å². The standard InChI is InChI=1S/C26H23NO2S/c1-4-29-26(28)23-19-14-18(16(2)3)15-22-25(19)27(20-12-8-9-13-21(20)30-22)24(23)17-10-6-5-7-11-17/h5-16H,4H2,1-3H3. The minimum Gasteiger partial charge on any atom is -0.462 e. The van der Waals surface area contributed by atoms with Crippen molar-refractivity contribution in [3.8, 4) is 16.9 Å². The van der Waals surface area contributed by atoms with Gasteiger partial charge in [0.1, 0.15) is 0 Å². The Morgan fingerprint density at radius 2 is 1.73 bits per heavy atom. The number of ether oxygens (including phenoxy) is 1. The van der Waals surface area contributed by atoms with Gasteiger partial charge < -0.3 is 9.30 Å². The Hall–Kier alpha value is -2.98.